The minimum atomic E-state index is -0.157. The van der Waals surface area contributed by atoms with Crippen LogP contribution in [0.3, 0.4) is 0 Å². The lowest BCUT2D eigenvalue weighted by Gasteiger charge is -2.17. The van der Waals surface area contributed by atoms with Crippen LogP contribution in [0.25, 0.3) is 0 Å². The van der Waals surface area contributed by atoms with Crippen molar-refractivity contribution in [1.29, 1.82) is 0 Å². The summed E-state index contributed by atoms with van der Waals surface area (Å²) in [6, 6.07) is -0.157. The Morgan fingerprint density at radius 1 is 1.57 bits per heavy atom. The van der Waals surface area contributed by atoms with Crippen molar-refractivity contribution in [2.24, 2.45) is 0 Å². The number of esters is 1. The van der Waals surface area contributed by atoms with Crippen LogP contribution >= 0.6 is 15.9 Å². The highest BCUT2D eigenvalue weighted by molar-refractivity contribution is 9.09. The van der Waals surface area contributed by atoms with Crippen molar-refractivity contribution in [3.63, 3.8) is 0 Å². The summed E-state index contributed by atoms with van der Waals surface area (Å²) in [7, 11) is 1.79. The van der Waals surface area contributed by atoms with Gasteiger partial charge in [0, 0.05) is 5.33 Å². The Hall–Kier alpha value is -0.0900. The fourth-order valence-electron chi connectivity index (χ4n) is 1.74. The first-order chi connectivity index (χ1) is 6.77. The summed E-state index contributed by atoms with van der Waals surface area (Å²) in [6.07, 6.45) is 5.42. The zero-order valence-corrected chi connectivity index (χ0v) is 10.2. The van der Waals surface area contributed by atoms with Crippen molar-refractivity contribution in [2.75, 3.05) is 12.4 Å². The SMILES string of the molecule is CN[C@H](CCBr)C(=O)OC1CCCC1. The van der Waals surface area contributed by atoms with Gasteiger partial charge in [-0.05, 0) is 39.2 Å². The van der Waals surface area contributed by atoms with Crippen LogP contribution < -0.4 is 5.32 Å². The average Bonchev–Trinajstić information content (AvgIpc) is 2.66. The quantitative estimate of drug-likeness (QED) is 0.608. The van der Waals surface area contributed by atoms with Crippen LogP contribution in [0, 0.1) is 0 Å². The smallest absolute Gasteiger partial charge is 0.323 e. The highest BCUT2D eigenvalue weighted by atomic mass is 79.9. The van der Waals surface area contributed by atoms with Crippen molar-refractivity contribution < 1.29 is 9.53 Å². The van der Waals surface area contributed by atoms with Gasteiger partial charge in [-0.1, -0.05) is 15.9 Å². The number of rotatable bonds is 5. The number of likely N-dealkylation sites (N-methyl/N-ethyl adjacent to an activating group) is 1. The summed E-state index contributed by atoms with van der Waals surface area (Å²) in [5, 5.41) is 3.79. The normalized spacial score (nSPS) is 19.6. The maximum Gasteiger partial charge on any atom is 0.323 e. The van der Waals surface area contributed by atoms with Gasteiger partial charge in [-0.2, -0.15) is 0 Å². The third kappa shape index (κ3) is 3.58. The van der Waals surface area contributed by atoms with Crippen LogP contribution in [-0.4, -0.2) is 30.5 Å². The second-order valence-electron chi connectivity index (χ2n) is 3.66. The fraction of sp³-hybridized carbons (Fsp3) is 0.900. The molecule has 1 fully saturated rings. The van der Waals surface area contributed by atoms with E-state index in [2.05, 4.69) is 21.2 Å². The molecule has 0 saturated heterocycles. The maximum atomic E-state index is 11.6. The number of carbonyl (C=O) groups excluding carboxylic acids is 1. The molecule has 0 unspecified atom stereocenters. The lowest BCUT2D eigenvalue weighted by Crippen LogP contribution is -2.37. The highest BCUT2D eigenvalue weighted by Crippen LogP contribution is 2.21. The van der Waals surface area contributed by atoms with Crippen LogP contribution in [0.1, 0.15) is 32.1 Å². The van der Waals surface area contributed by atoms with Gasteiger partial charge in [-0.25, -0.2) is 0 Å². The lowest BCUT2D eigenvalue weighted by molar-refractivity contribution is -0.151. The number of alkyl halides is 1. The van der Waals surface area contributed by atoms with Crippen LogP contribution in [0.2, 0.25) is 0 Å². The minimum absolute atomic E-state index is 0.0983. The van der Waals surface area contributed by atoms with E-state index in [9.17, 15) is 4.79 Å². The van der Waals surface area contributed by atoms with E-state index in [1.807, 2.05) is 0 Å². The standard InChI is InChI=1S/C10H18BrNO2/c1-12-9(6-7-11)10(13)14-8-4-2-3-5-8/h8-9,12H,2-7H2,1H3/t9-/m1/s1. The second kappa shape index (κ2) is 6.40. The molecule has 4 heteroatoms. The molecule has 14 heavy (non-hydrogen) atoms. The summed E-state index contributed by atoms with van der Waals surface area (Å²) in [4.78, 5) is 11.6. The van der Waals surface area contributed by atoms with Gasteiger partial charge in [-0.3, -0.25) is 4.79 Å². The van der Waals surface area contributed by atoms with E-state index in [-0.39, 0.29) is 18.1 Å². The van der Waals surface area contributed by atoms with Gasteiger partial charge in [0.25, 0.3) is 0 Å². The predicted molar refractivity (Wildman–Crippen MR) is 59.6 cm³/mol. The zero-order chi connectivity index (χ0) is 10.4. The molecule has 0 aromatic carbocycles. The van der Waals surface area contributed by atoms with E-state index in [0.717, 1.165) is 24.6 Å². The molecule has 0 bridgehead atoms. The number of nitrogens with one attached hydrogen (secondary N) is 1. The summed E-state index contributed by atoms with van der Waals surface area (Å²) < 4.78 is 5.39. The second-order valence-corrected chi connectivity index (χ2v) is 4.46. The van der Waals surface area contributed by atoms with Crippen LogP contribution in [0.15, 0.2) is 0 Å². The molecule has 1 rings (SSSR count). The van der Waals surface area contributed by atoms with Crippen LogP contribution in [0.4, 0.5) is 0 Å². The highest BCUT2D eigenvalue weighted by Gasteiger charge is 2.23. The molecule has 1 saturated carbocycles. The van der Waals surface area contributed by atoms with E-state index >= 15 is 0 Å². The molecule has 1 N–H and O–H groups in total. The first kappa shape index (κ1) is 12.0. The van der Waals surface area contributed by atoms with Crippen molar-refractivity contribution >= 4 is 21.9 Å². The number of ether oxygens (including phenoxy) is 1. The molecule has 1 aliphatic carbocycles. The van der Waals surface area contributed by atoms with E-state index < -0.39 is 0 Å². The zero-order valence-electron chi connectivity index (χ0n) is 8.59. The Morgan fingerprint density at radius 2 is 2.21 bits per heavy atom. The molecule has 0 spiro atoms. The molecule has 82 valence electrons. The average molecular weight is 264 g/mol. The van der Waals surface area contributed by atoms with E-state index in [1.54, 1.807) is 7.05 Å². The van der Waals surface area contributed by atoms with E-state index in [0.29, 0.717) is 0 Å². The van der Waals surface area contributed by atoms with Crippen molar-refractivity contribution in [2.45, 2.75) is 44.2 Å². The van der Waals surface area contributed by atoms with Gasteiger partial charge >= 0.3 is 5.97 Å². The summed E-state index contributed by atoms with van der Waals surface area (Å²) in [6.45, 7) is 0. The van der Waals surface area contributed by atoms with Crippen molar-refractivity contribution in [3.05, 3.63) is 0 Å². The Kier molecular flexibility index (Phi) is 5.48. The van der Waals surface area contributed by atoms with Gasteiger partial charge in [0.2, 0.25) is 0 Å². The number of halogens is 1. The molecular weight excluding hydrogens is 246 g/mol. The van der Waals surface area contributed by atoms with Gasteiger partial charge in [0.05, 0.1) is 0 Å². The van der Waals surface area contributed by atoms with Crippen LogP contribution in [-0.2, 0) is 9.53 Å². The summed E-state index contributed by atoms with van der Waals surface area (Å²) >= 11 is 3.32. The third-order valence-electron chi connectivity index (χ3n) is 2.62. The molecule has 0 aliphatic heterocycles. The first-order valence-corrected chi connectivity index (χ1v) is 6.33. The maximum absolute atomic E-state index is 11.6. The number of hydrogen-bond donors (Lipinski definition) is 1. The summed E-state index contributed by atoms with van der Waals surface area (Å²) in [5.74, 6) is -0.0983. The lowest BCUT2D eigenvalue weighted by atomic mass is 10.2. The van der Waals surface area contributed by atoms with Crippen molar-refractivity contribution in [1.82, 2.24) is 5.32 Å². The Labute approximate surface area is 93.7 Å². The monoisotopic (exact) mass is 263 g/mol. The predicted octanol–water partition coefficient (Wildman–Crippen LogP) is 1.85. The van der Waals surface area contributed by atoms with Gasteiger partial charge < -0.3 is 10.1 Å². The molecule has 1 atom stereocenters. The molecule has 1 aliphatic rings. The topological polar surface area (TPSA) is 38.3 Å². The van der Waals surface area contributed by atoms with Gasteiger partial charge in [0.1, 0.15) is 12.1 Å². The molecule has 0 heterocycles. The molecule has 0 aromatic heterocycles. The Bertz CT molecular complexity index is 181. The van der Waals surface area contributed by atoms with E-state index in [1.165, 1.54) is 12.8 Å². The Balaban J connectivity index is 2.30. The molecule has 3 nitrogen and oxygen atoms in total. The minimum Gasteiger partial charge on any atom is -0.461 e. The van der Waals surface area contributed by atoms with Crippen LogP contribution in [0.5, 0.6) is 0 Å². The van der Waals surface area contributed by atoms with Gasteiger partial charge in [0.15, 0.2) is 0 Å². The van der Waals surface area contributed by atoms with E-state index in [4.69, 9.17) is 4.74 Å². The summed E-state index contributed by atoms with van der Waals surface area (Å²) in [5.41, 5.74) is 0. The largest absolute Gasteiger partial charge is 0.461 e. The number of hydrogen-bond acceptors (Lipinski definition) is 3. The third-order valence-corrected chi connectivity index (χ3v) is 3.07. The van der Waals surface area contributed by atoms with Crippen molar-refractivity contribution in [3.8, 4) is 0 Å². The molecule has 0 radical (unpaired) electrons. The van der Waals surface area contributed by atoms with Gasteiger partial charge in [-0.15, -0.1) is 0 Å². The fourth-order valence-corrected chi connectivity index (χ4v) is 2.20. The molecular formula is C10H18BrNO2. The Morgan fingerprint density at radius 3 is 2.71 bits per heavy atom. The first-order valence-electron chi connectivity index (χ1n) is 5.21. The molecule has 0 aromatic rings. The molecule has 0 amide bonds. The number of carbonyl (C=O) groups is 1.